The van der Waals surface area contributed by atoms with E-state index in [9.17, 15) is 0 Å². The Morgan fingerprint density at radius 3 is 2.92 bits per heavy atom. The van der Waals surface area contributed by atoms with Gasteiger partial charge in [-0.05, 0) is 73.6 Å². The lowest BCUT2D eigenvalue weighted by Crippen LogP contribution is -2.16. The van der Waals surface area contributed by atoms with Crippen LogP contribution in [0.2, 0.25) is 0 Å². The second-order valence-corrected chi connectivity index (χ2v) is 9.02. The summed E-state index contributed by atoms with van der Waals surface area (Å²) in [5, 5.41) is 1.41. The first-order chi connectivity index (χ1) is 12.2. The Kier molecular flexibility index (Phi) is 3.74. The number of aryl methyl sites for hydroxylation is 2. The maximum Gasteiger partial charge on any atom is 0.134 e. The minimum atomic E-state index is 0.787. The highest BCUT2D eigenvalue weighted by molar-refractivity contribution is 7.19. The molecule has 3 heteroatoms. The summed E-state index contributed by atoms with van der Waals surface area (Å²) >= 11 is 1.94. The van der Waals surface area contributed by atoms with Crippen molar-refractivity contribution in [1.29, 1.82) is 0 Å². The Morgan fingerprint density at radius 1 is 1.20 bits per heavy atom. The van der Waals surface area contributed by atoms with Crippen molar-refractivity contribution in [1.82, 2.24) is 4.98 Å². The number of pyridine rings is 1. The van der Waals surface area contributed by atoms with Crippen molar-refractivity contribution < 1.29 is 4.42 Å². The molecule has 0 amide bonds. The molecule has 2 unspecified atom stereocenters. The third kappa shape index (κ3) is 2.47. The van der Waals surface area contributed by atoms with Crippen LogP contribution in [0.4, 0.5) is 0 Å². The second kappa shape index (κ2) is 5.98. The van der Waals surface area contributed by atoms with E-state index in [2.05, 4.69) is 19.9 Å². The first-order valence-corrected chi connectivity index (χ1v) is 10.6. The molecule has 0 aliphatic heterocycles. The van der Waals surface area contributed by atoms with Crippen LogP contribution >= 0.6 is 11.3 Å². The topological polar surface area (TPSA) is 26.0 Å². The molecule has 0 fully saturated rings. The van der Waals surface area contributed by atoms with E-state index in [4.69, 9.17) is 9.40 Å². The summed E-state index contributed by atoms with van der Waals surface area (Å²) in [5.41, 5.74) is 5.74. The van der Waals surface area contributed by atoms with Crippen molar-refractivity contribution in [2.45, 2.75) is 58.8 Å². The highest BCUT2D eigenvalue weighted by Crippen LogP contribution is 2.46. The molecule has 3 aromatic rings. The molecular formula is C22H25NOS. The maximum atomic E-state index is 5.92. The lowest BCUT2D eigenvalue weighted by Gasteiger charge is -2.25. The molecule has 3 heterocycles. The molecule has 2 atom stereocenters. The smallest absolute Gasteiger partial charge is 0.134 e. The summed E-state index contributed by atoms with van der Waals surface area (Å²) in [6.07, 6.45) is 10.3. The zero-order valence-electron chi connectivity index (χ0n) is 15.1. The monoisotopic (exact) mass is 351 g/mol. The molecule has 0 aromatic carbocycles. The molecule has 0 saturated heterocycles. The number of aromatic nitrogens is 1. The van der Waals surface area contributed by atoms with Gasteiger partial charge in [0.1, 0.15) is 10.6 Å². The van der Waals surface area contributed by atoms with E-state index in [0.29, 0.717) is 0 Å². The third-order valence-electron chi connectivity index (χ3n) is 6.26. The molecule has 25 heavy (non-hydrogen) atoms. The van der Waals surface area contributed by atoms with Crippen LogP contribution in [-0.4, -0.2) is 4.98 Å². The molecule has 2 nitrogen and oxygen atoms in total. The van der Waals surface area contributed by atoms with Crippen LogP contribution in [0.1, 0.15) is 54.8 Å². The summed E-state index contributed by atoms with van der Waals surface area (Å²) in [5.74, 6) is 2.63. The van der Waals surface area contributed by atoms with E-state index in [0.717, 1.165) is 30.4 Å². The molecule has 0 radical (unpaired) electrons. The van der Waals surface area contributed by atoms with Gasteiger partial charge in [0.15, 0.2) is 0 Å². The number of rotatable bonds is 2. The Hall–Kier alpha value is -1.61. The fraction of sp³-hybridized carbons (Fsp3) is 0.500. The van der Waals surface area contributed by atoms with Crippen LogP contribution in [0, 0.1) is 11.8 Å². The Morgan fingerprint density at radius 2 is 2.12 bits per heavy atom. The molecule has 2 aliphatic rings. The van der Waals surface area contributed by atoms with E-state index in [1.807, 2.05) is 23.7 Å². The minimum absolute atomic E-state index is 0.787. The number of hydrogen-bond donors (Lipinski definition) is 0. The van der Waals surface area contributed by atoms with Gasteiger partial charge >= 0.3 is 0 Å². The molecule has 2 aliphatic carbocycles. The normalized spacial score (nSPS) is 22.8. The fourth-order valence-electron chi connectivity index (χ4n) is 4.76. The zero-order chi connectivity index (χ0) is 17.0. The largest absolute Gasteiger partial charge is 0.464 e. The molecule has 0 bridgehead atoms. The van der Waals surface area contributed by atoms with Crippen LogP contribution in [0.25, 0.3) is 21.5 Å². The molecule has 130 valence electrons. The lowest BCUT2D eigenvalue weighted by atomic mass is 9.80. The molecule has 0 saturated carbocycles. The molecule has 0 N–H and O–H groups in total. The summed E-state index contributed by atoms with van der Waals surface area (Å²) in [6.45, 7) is 4.70. The Balaban J connectivity index is 1.81. The average molecular weight is 352 g/mol. The summed E-state index contributed by atoms with van der Waals surface area (Å²) < 4.78 is 5.92. The van der Waals surface area contributed by atoms with E-state index in [1.54, 1.807) is 10.4 Å². The number of thiophene rings is 1. The van der Waals surface area contributed by atoms with Gasteiger partial charge in [-0.25, -0.2) is 4.98 Å². The van der Waals surface area contributed by atoms with Gasteiger partial charge in [-0.3, -0.25) is 0 Å². The minimum Gasteiger partial charge on any atom is -0.464 e. The maximum absolute atomic E-state index is 5.92. The SMILES string of the molecule is CCC1CCc2nc3sc4c(c3c(-c3ccco3)c2C1)CCC(C)C4. The van der Waals surface area contributed by atoms with Gasteiger partial charge in [-0.2, -0.15) is 0 Å². The van der Waals surface area contributed by atoms with E-state index < -0.39 is 0 Å². The molecule has 0 spiro atoms. The first kappa shape index (κ1) is 15.6. The predicted octanol–water partition coefficient (Wildman–Crippen LogP) is 6.20. The van der Waals surface area contributed by atoms with Gasteiger partial charge in [-0.15, -0.1) is 11.3 Å². The van der Waals surface area contributed by atoms with E-state index >= 15 is 0 Å². The van der Waals surface area contributed by atoms with Gasteiger partial charge in [-0.1, -0.05) is 20.3 Å². The number of nitrogens with zero attached hydrogens (tertiary/aromatic N) is 1. The Labute approximate surface area is 153 Å². The van der Waals surface area contributed by atoms with E-state index in [1.165, 1.54) is 59.1 Å². The first-order valence-electron chi connectivity index (χ1n) is 9.74. The van der Waals surface area contributed by atoms with Crippen molar-refractivity contribution in [2.24, 2.45) is 11.8 Å². The third-order valence-corrected chi connectivity index (χ3v) is 7.41. The van der Waals surface area contributed by atoms with Gasteiger partial charge in [0.2, 0.25) is 0 Å². The molecule has 5 rings (SSSR count). The molecule has 3 aromatic heterocycles. The van der Waals surface area contributed by atoms with Gasteiger partial charge in [0.25, 0.3) is 0 Å². The number of fused-ring (bicyclic) bond motifs is 4. The summed E-state index contributed by atoms with van der Waals surface area (Å²) in [6, 6.07) is 4.16. The van der Waals surface area contributed by atoms with Crippen molar-refractivity contribution in [2.75, 3.05) is 0 Å². The van der Waals surface area contributed by atoms with Gasteiger partial charge in [0.05, 0.1) is 6.26 Å². The average Bonchev–Trinajstić information content (AvgIpc) is 3.26. The van der Waals surface area contributed by atoms with Crippen molar-refractivity contribution >= 4 is 21.6 Å². The highest BCUT2D eigenvalue weighted by atomic mass is 32.1. The predicted molar refractivity (Wildman–Crippen MR) is 104 cm³/mol. The fourth-order valence-corrected chi connectivity index (χ4v) is 6.17. The van der Waals surface area contributed by atoms with Crippen molar-refractivity contribution in [3.8, 4) is 11.3 Å². The van der Waals surface area contributed by atoms with Crippen LogP contribution < -0.4 is 0 Å². The summed E-state index contributed by atoms with van der Waals surface area (Å²) in [4.78, 5) is 7.98. The second-order valence-electron chi connectivity index (χ2n) is 7.94. The number of furan rings is 1. The molecular weight excluding hydrogens is 326 g/mol. The van der Waals surface area contributed by atoms with Gasteiger partial charge < -0.3 is 4.42 Å². The van der Waals surface area contributed by atoms with Crippen LogP contribution in [0.15, 0.2) is 22.8 Å². The Bertz CT molecular complexity index is 922. The number of hydrogen-bond acceptors (Lipinski definition) is 3. The van der Waals surface area contributed by atoms with Crippen molar-refractivity contribution in [3.63, 3.8) is 0 Å². The quantitative estimate of drug-likeness (QED) is 0.549. The zero-order valence-corrected chi connectivity index (χ0v) is 15.9. The standard InChI is InChI=1S/C22H25NOS/c1-3-14-7-9-17-16(12-14)20(18-5-4-10-24-18)21-15-8-6-13(2)11-19(15)25-22(21)23-17/h4-5,10,13-14H,3,6-9,11-12H2,1-2H3. The van der Waals surface area contributed by atoms with E-state index in [-0.39, 0.29) is 0 Å². The van der Waals surface area contributed by atoms with Crippen LogP contribution in [0.3, 0.4) is 0 Å². The van der Waals surface area contributed by atoms with Crippen LogP contribution in [0.5, 0.6) is 0 Å². The highest BCUT2D eigenvalue weighted by Gasteiger charge is 2.29. The lowest BCUT2D eigenvalue weighted by molar-refractivity contribution is 0.440. The van der Waals surface area contributed by atoms with Gasteiger partial charge in [0, 0.05) is 21.5 Å². The van der Waals surface area contributed by atoms with Crippen molar-refractivity contribution in [3.05, 3.63) is 40.1 Å². The summed E-state index contributed by atoms with van der Waals surface area (Å²) in [7, 11) is 0. The van der Waals surface area contributed by atoms with Crippen LogP contribution in [-0.2, 0) is 25.7 Å².